The van der Waals surface area contributed by atoms with Crippen LogP contribution >= 0.6 is 15.9 Å². The fourth-order valence-electron chi connectivity index (χ4n) is 2.95. The largest absolute Gasteiger partial charge is 0.352 e. The van der Waals surface area contributed by atoms with E-state index in [1.54, 1.807) is 4.90 Å². The standard InChI is InChI=1S/C17H21BrN2O2/c18-13-4-1-3-12(11-13)6-9-16(21)20-10-2-5-15(20)17(22)19-14-7-8-14/h1,3-4,11,14-15H,2,5-10H2,(H,19,22). The van der Waals surface area contributed by atoms with E-state index < -0.39 is 0 Å². The predicted octanol–water partition coefficient (Wildman–Crippen LogP) is 2.65. The van der Waals surface area contributed by atoms with Gasteiger partial charge in [-0.3, -0.25) is 9.59 Å². The Bertz CT molecular complexity index is 572. The van der Waals surface area contributed by atoms with Gasteiger partial charge in [0.05, 0.1) is 0 Å². The van der Waals surface area contributed by atoms with Crippen LogP contribution in [-0.2, 0) is 16.0 Å². The highest BCUT2D eigenvalue weighted by Crippen LogP contribution is 2.23. The maximum atomic E-state index is 12.5. The van der Waals surface area contributed by atoms with E-state index in [1.165, 1.54) is 0 Å². The second-order valence-electron chi connectivity index (χ2n) is 6.16. The number of hydrogen-bond acceptors (Lipinski definition) is 2. The highest BCUT2D eigenvalue weighted by atomic mass is 79.9. The Balaban J connectivity index is 1.55. The summed E-state index contributed by atoms with van der Waals surface area (Å²) < 4.78 is 1.03. The third-order valence-electron chi connectivity index (χ3n) is 4.32. The summed E-state index contributed by atoms with van der Waals surface area (Å²) in [6, 6.07) is 8.12. The summed E-state index contributed by atoms with van der Waals surface area (Å²) in [6.45, 7) is 0.708. The van der Waals surface area contributed by atoms with Gasteiger partial charge in [0, 0.05) is 23.5 Å². The molecule has 1 aliphatic heterocycles. The lowest BCUT2D eigenvalue weighted by Crippen LogP contribution is -2.46. The third-order valence-corrected chi connectivity index (χ3v) is 4.81. The van der Waals surface area contributed by atoms with Crippen LogP contribution in [0.15, 0.2) is 28.7 Å². The van der Waals surface area contributed by atoms with E-state index in [2.05, 4.69) is 21.2 Å². The van der Waals surface area contributed by atoms with E-state index in [-0.39, 0.29) is 17.9 Å². The molecule has 1 atom stereocenters. The van der Waals surface area contributed by atoms with Crippen LogP contribution in [0, 0.1) is 0 Å². The van der Waals surface area contributed by atoms with Gasteiger partial charge in [0.15, 0.2) is 0 Å². The first kappa shape index (κ1) is 15.5. The molecular weight excluding hydrogens is 344 g/mol. The molecule has 22 heavy (non-hydrogen) atoms. The zero-order chi connectivity index (χ0) is 15.5. The normalized spacial score (nSPS) is 21.0. The second-order valence-corrected chi connectivity index (χ2v) is 7.07. The van der Waals surface area contributed by atoms with Gasteiger partial charge >= 0.3 is 0 Å². The maximum absolute atomic E-state index is 12.5. The van der Waals surface area contributed by atoms with Gasteiger partial charge in [0.1, 0.15) is 6.04 Å². The van der Waals surface area contributed by atoms with Gasteiger partial charge in [-0.1, -0.05) is 28.1 Å². The fourth-order valence-corrected chi connectivity index (χ4v) is 3.40. The number of nitrogens with one attached hydrogen (secondary N) is 1. The summed E-state index contributed by atoms with van der Waals surface area (Å²) in [5, 5.41) is 3.02. The number of carbonyl (C=O) groups excluding carboxylic acids is 2. The number of amides is 2. The Kier molecular flexibility index (Phi) is 4.81. The number of halogens is 1. The third kappa shape index (κ3) is 3.88. The maximum Gasteiger partial charge on any atom is 0.243 e. The molecule has 118 valence electrons. The average molecular weight is 365 g/mol. The van der Waals surface area contributed by atoms with Crippen LogP contribution in [0.2, 0.25) is 0 Å². The molecule has 2 aliphatic rings. The SMILES string of the molecule is O=C(NC1CC1)C1CCCN1C(=O)CCc1cccc(Br)c1. The van der Waals surface area contributed by atoms with Crippen molar-refractivity contribution in [2.45, 2.75) is 50.6 Å². The van der Waals surface area contributed by atoms with Crippen LogP contribution in [0.5, 0.6) is 0 Å². The first-order valence-electron chi connectivity index (χ1n) is 7.98. The Hall–Kier alpha value is -1.36. The highest BCUT2D eigenvalue weighted by molar-refractivity contribution is 9.10. The lowest BCUT2D eigenvalue weighted by atomic mass is 10.1. The van der Waals surface area contributed by atoms with Crippen molar-refractivity contribution < 1.29 is 9.59 Å². The van der Waals surface area contributed by atoms with E-state index in [0.29, 0.717) is 25.4 Å². The van der Waals surface area contributed by atoms with Crippen molar-refractivity contribution in [2.75, 3.05) is 6.54 Å². The number of carbonyl (C=O) groups is 2. The van der Waals surface area contributed by atoms with Crippen molar-refractivity contribution in [3.63, 3.8) is 0 Å². The molecule has 1 saturated carbocycles. The van der Waals surface area contributed by atoms with E-state index in [9.17, 15) is 9.59 Å². The minimum atomic E-state index is -0.254. The zero-order valence-corrected chi connectivity index (χ0v) is 14.1. The van der Waals surface area contributed by atoms with Gasteiger partial charge in [-0.25, -0.2) is 0 Å². The summed E-state index contributed by atoms with van der Waals surface area (Å²) in [6.07, 6.45) is 5.05. The lowest BCUT2D eigenvalue weighted by Gasteiger charge is -2.24. The lowest BCUT2D eigenvalue weighted by molar-refractivity contribution is -0.138. The fraction of sp³-hybridized carbons (Fsp3) is 0.529. The Morgan fingerprint density at radius 1 is 1.27 bits per heavy atom. The number of benzene rings is 1. The summed E-state index contributed by atoms with van der Waals surface area (Å²) in [5.74, 6) is 0.129. The molecular formula is C17H21BrN2O2. The first-order chi connectivity index (χ1) is 10.6. The summed E-state index contributed by atoms with van der Waals surface area (Å²) >= 11 is 3.44. The van der Waals surface area contributed by atoms with Crippen LogP contribution in [0.1, 0.15) is 37.7 Å². The van der Waals surface area contributed by atoms with Gasteiger partial charge in [-0.05, 0) is 49.8 Å². The molecule has 1 aliphatic carbocycles. The molecule has 1 heterocycles. The second kappa shape index (κ2) is 6.82. The van der Waals surface area contributed by atoms with Gasteiger partial charge in [-0.15, -0.1) is 0 Å². The smallest absolute Gasteiger partial charge is 0.243 e. The molecule has 1 aromatic rings. The van der Waals surface area contributed by atoms with Crippen LogP contribution in [0.25, 0.3) is 0 Å². The van der Waals surface area contributed by atoms with Crippen LogP contribution in [0.3, 0.4) is 0 Å². The number of likely N-dealkylation sites (tertiary alicyclic amines) is 1. The zero-order valence-electron chi connectivity index (χ0n) is 12.6. The van der Waals surface area contributed by atoms with Crippen molar-refractivity contribution in [1.82, 2.24) is 10.2 Å². The van der Waals surface area contributed by atoms with E-state index >= 15 is 0 Å². The molecule has 4 nitrogen and oxygen atoms in total. The quantitative estimate of drug-likeness (QED) is 0.872. The Morgan fingerprint density at radius 3 is 2.82 bits per heavy atom. The van der Waals surface area contributed by atoms with E-state index in [4.69, 9.17) is 0 Å². The molecule has 0 aromatic heterocycles. The molecule has 1 aromatic carbocycles. The van der Waals surface area contributed by atoms with Crippen molar-refractivity contribution >= 4 is 27.7 Å². The number of hydrogen-bond donors (Lipinski definition) is 1. The van der Waals surface area contributed by atoms with Gasteiger partial charge in [0.25, 0.3) is 0 Å². The monoisotopic (exact) mass is 364 g/mol. The van der Waals surface area contributed by atoms with Gasteiger partial charge < -0.3 is 10.2 Å². The van der Waals surface area contributed by atoms with Crippen LogP contribution in [0.4, 0.5) is 0 Å². The molecule has 0 spiro atoms. The van der Waals surface area contributed by atoms with Crippen LogP contribution < -0.4 is 5.32 Å². The minimum absolute atomic E-state index is 0.0378. The van der Waals surface area contributed by atoms with E-state index in [0.717, 1.165) is 35.7 Å². The predicted molar refractivity (Wildman–Crippen MR) is 88.4 cm³/mol. The molecule has 2 fully saturated rings. The van der Waals surface area contributed by atoms with Crippen molar-refractivity contribution in [1.29, 1.82) is 0 Å². The molecule has 5 heteroatoms. The molecule has 1 N–H and O–H groups in total. The molecule has 3 rings (SSSR count). The van der Waals surface area contributed by atoms with Crippen LogP contribution in [-0.4, -0.2) is 35.3 Å². The van der Waals surface area contributed by atoms with Crippen molar-refractivity contribution in [3.05, 3.63) is 34.3 Å². The summed E-state index contributed by atoms with van der Waals surface area (Å²) in [7, 11) is 0. The highest BCUT2D eigenvalue weighted by Gasteiger charge is 2.36. The summed E-state index contributed by atoms with van der Waals surface area (Å²) in [5.41, 5.74) is 1.14. The molecule has 1 saturated heterocycles. The van der Waals surface area contributed by atoms with E-state index in [1.807, 2.05) is 24.3 Å². The minimum Gasteiger partial charge on any atom is -0.352 e. The van der Waals surface area contributed by atoms with Crippen molar-refractivity contribution in [3.8, 4) is 0 Å². The molecule has 0 bridgehead atoms. The average Bonchev–Trinajstić information content (AvgIpc) is 3.17. The Morgan fingerprint density at radius 2 is 2.09 bits per heavy atom. The Labute approximate surface area is 139 Å². The number of rotatable bonds is 5. The topological polar surface area (TPSA) is 49.4 Å². The molecule has 0 radical (unpaired) electrons. The molecule has 1 unspecified atom stereocenters. The van der Waals surface area contributed by atoms with Gasteiger partial charge in [0.2, 0.25) is 11.8 Å². The van der Waals surface area contributed by atoms with Gasteiger partial charge in [-0.2, -0.15) is 0 Å². The number of nitrogens with zero attached hydrogens (tertiary/aromatic N) is 1. The number of aryl methyl sites for hydroxylation is 1. The summed E-state index contributed by atoms with van der Waals surface area (Å²) in [4.78, 5) is 26.4. The first-order valence-corrected chi connectivity index (χ1v) is 8.77. The van der Waals surface area contributed by atoms with Crippen molar-refractivity contribution in [2.24, 2.45) is 0 Å². The molecule has 2 amide bonds.